The van der Waals surface area contributed by atoms with Gasteiger partial charge in [0.15, 0.2) is 0 Å². The van der Waals surface area contributed by atoms with Gasteiger partial charge in [-0.25, -0.2) is 4.79 Å². The van der Waals surface area contributed by atoms with Crippen molar-refractivity contribution in [1.29, 1.82) is 0 Å². The fraction of sp³-hybridized carbons (Fsp3) is 0.214. The highest BCUT2D eigenvalue weighted by Crippen LogP contribution is 2.04. The van der Waals surface area contributed by atoms with Crippen molar-refractivity contribution >= 4 is 23.5 Å². The molecule has 0 saturated heterocycles. The number of rotatable bonds is 5. The summed E-state index contributed by atoms with van der Waals surface area (Å²) >= 11 is 5.71. The van der Waals surface area contributed by atoms with Crippen molar-refractivity contribution in [3.05, 3.63) is 53.3 Å². The van der Waals surface area contributed by atoms with Crippen molar-refractivity contribution in [1.82, 2.24) is 20.4 Å². The summed E-state index contributed by atoms with van der Waals surface area (Å²) in [6.07, 6.45) is 3.26. The molecule has 0 aliphatic carbocycles. The van der Waals surface area contributed by atoms with Crippen LogP contribution < -0.4 is 10.6 Å². The fourth-order valence-electron chi connectivity index (χ4n) is 1.69. The fourth-order valence-corrected chi connectivity index (χ4v) is 1.84. The van der Waals surface area contributed by atoms with Gasteiger partial charge in [-0.2, -0.15) is 5.10 Å². The Labute approximate surface area is 127 Å². The summed E-state index contributed by atoms with van der Waals surface area (Å²) in [6, 6.07) is 8.94. The van der Waals surface area contributed by atoms with E-state index in [1.807, 2.05) is 30.3 Å². The molecule has 6 nitrogen and oxygen atoms in total. The Balaban J connectivity index is 1.68. The Hall–Kier alpha value is -2.34. The van der Waals surface area contributed by atoms with Crippen LogP contribution in [0.5, 0.6) is 0 Å². The van der Waals surface area contributed by atoms with Crippen molar-refractivity contribution < 1.29 is 9.59 Å². The van der Waals surface area contributed by atoms with Gasteiger partial charge in [-0.05, 0) is 5.56 Å². The van der Waals surface area contributed by atoms with Crippen LogP contribution in [0.3, 0.4) is 0 Å². The average molecular weight is 307 g/mol. The average Bonchev–Trinajstić information content (AvgIpc) is 2.90. The molecule has 1 aromatic carbocycles. The Morgan fingerprint density at radius 2 is 2.00 bits per heavy atom. The van der Waals surface area contributed by atoms with Crippen molar-refractivity contribution in [2.24, 2.45) is 0 Å². The lowest BCUT2D eigenvalue weighted by Gasteiger charge is -2.07. The number of carbonyl (C=O) groups is 2. The van der Waals surface area contributed by atoms with Crippen molar-refractivity contribution in [3.63, 3.8) is 0 Å². The number of hydrogen-bond donors (Lipinski definition) is 2. The zero-order valence-corrected chi connectivity index (χ0v) is 12.0. The molecule has 0 spiro atoms. The molecule has 0 atom stereocenters. The number of imide groups is 1. The van der Waals surface area contributed by atoms with Gasteiger partial charge in [0.25, 0.3) is 0 Å². The minimum absolute atomic E-state index is 0.150. The summed E-state index contributed by atoms with van der Waals surface area (Å²) in [6.45, 7) is 0.735. The summed E-state index contributed by atoms with van der Waals surface area (Å²) in [5.41, 5.74) is 0.964. The zero-order chi connectivity index (χ0) is 15.1. The number of aromatic nitrogens is 2. The molecule has 110 valence electrons. The van der Waals surface area contributed by atoms with Crippen LogP contribution in [0.15, 0.2) is 42.7 Å². The summed E-state index contributed by atoms with van der Waals surface area (Å²) < 4.78 is 1.55. The lowest BCUT2D eigenvalue weighted by molar-refractivity contribution is -0.120. The largest absolute Gasteiger partial charge is 0.334 e. The molecule has 0 fully saturated rings. The lowest BCUT2D eigenvalue weighted by Crippen LogP contribution is -2.39. The quantitative estimate of drug-likeness (QED) is 0.886. The maximum absolute atomic E-state index is 11.6. The van der Waals surface area contributed by atoms with Crippen LogP contribution in [0, 0.1) is 0 Å². The molecule has 2 N–H and O–H groups in total. The first-order valence-electron chi connectivity index (χ1n) is 6.43. The molecule has 0 radical (unpaired) electrons. The number of nitrogens with one attached hydrogen (secondary N) is 2. The van der Waals surface area contributed by atoms with E-state index >= 15 is 0 Å². The summed E-state index contributed by atoms with van der Waals surface area (Å²) in [4.78, 5) is 23.2. The molecule has 3 amide bonds. The molecule has 7 heteroatoms. The topological polar surface area (TPSA) is 76.0 Å². The molecule has 0 aliphatic heterocycles. The summed E-state index contributed by atoms with van der Waals surface area (Å²) in [7, 11) is 0. The van der Waals surface area contributed by atoms with Crippen LogP contribution in [0.25, 0.3) is 0 Å². The third-order valence-corrected chi connectivity index (χ3v) is 2.91. The van der Waals surface area contributed by atoms with E-state index in [-0.39, 0.29) is 12.3 Å². The van der Waals surface area contributed by atoms with E-state index in [0.717, 1.165) is 5.56 Å². The molecule has 0 unspecified atom stereocenters. The highest BCUT2D eigenvalue weighted by atomic mass is 35.5. The molecule has 21 heavy (non-hydrogen) atoms. The number of carbonyl (C=O) groups excluding carboxylic acids is 2. The molecular formula is C14H15ClN4O2. The normalized spacial score (nSPS) is 10.1. The summed E-state index contributed by atoms with van der Waals surface area (Å²) in [5, 5.41) is 9.34. The number of aryl methyl sites for hydroxylation is 1. The van der Waals surface area contributed by atoms with Crippen LogP contribution in [0.4, 0.5) is 4.79 Å². The lowest BCUT2D eigenvalue weighted by atomic mass is 10.2. The van der Waals surface area contributed by atoms with Crippen LogP contribution in [-0.2, 0) is 17.9 Å². The molecular weight excluding hydrogens is 292 g/mol. The molecule has 2 aromatic rings. The van der Waals surface area contributed by atoms with Gasteiger partial charge in [0, 0.05) is 25.7 Å². The van der Waals surface area contributed by atoms with E-state index in [4.69, 9.17) is 11.6 Å². The minimum atomic E-state index is -0.512. The Kier molecular flexibility index (Phi) is 5.34. The predicted octanol–water partition coefficient (Wildman–Crippen LogP) is 1.95. The Morgan fingerprint density at radius 3 is 2.67 bits per heavy atom. The zero-order valence-electron chi connectivity index (χ0n) is 11.3. The van der Waals surface area contributed by atoms with Crippen LogP contribution in [0.2, 0.25) is 5.02 Å². The van der Waals surface area contributed by atoms with Gasteiger partial charge >= 0.3 is 6.03 Å². The number of amides is 3. The molecule has 1 aromatic heterocycles. The number of urea groups is 1. The second kappa shape index (κ2) is 7.44. The second-order valence-corrected chi connectivity index (χ2v) is 4.82. The maximum Gasteiger partial charge on any atom is 0.321 e. The molecule has 0 saturated carbocycles. The summed E-state index contributed by atoms with van der Waals surface area (Å²) in [5.74, 6) is -0.368. The standard InChI is InChI=1S/C14H15ClN4O2/c15-12-9-17-19(10-12)7-6-13(20)18-14(21)16-8-11-4-2-1-3-5-11/h1-5,9-10H,6-8H2,(H2,16,18,20,21). The Morgan fingerprint density at radius 1 is 1.24 bits per heavy atom. The number of benzene rings is 1. The number of hydrogen-bond acceptors (Lipinski definition) is 3. The van der Waals surface area contributed by atoms with Gasteiger partial charge in [-0.1, -0.05) is 41.9 Å². The first-order valence-corrected chi connectivity index (χ1v) is 6.81. The van der Waals surface area contributed by atoms with Crippen molar-refractivity contribution in [2.75, 3.05) is 0 Å². The second-order valence-electron chi connectivity index (χ2n) is 4.39. The third kappa shape index (κ3) is 5.27. The smallest absolute Gasteiger partial charge is 0.321 e. The van der Waals surface area contributed by atoms with Gasteiger partial charge in [-0.3, -0.25) is 14.8 Å². The highest BCUT2D eigenvalue weighted by Gasteiger charge is 2.07. The molecule has 1 heterocycles. The monoisotopic (exact) mass is 306 g/mol. The van der Waals surface area contributed by atoms with Crippen LogP contribution in [-0.4, -0.2) is 21.7 Å². The van der Waals surface area contributed by atoms with Gasteiger partial charge in [0.1, 0.15) is 0 Å². The number of nitrogens with zero attached hydrogens (tertiary/aromatic N) is 2. The maximum atomic E-state index is 11.6. The molecule has 0 bridgehead atoms. The van der Waals surface area contributed by atoms with Crippen LogP contribution >= 0.6 is 11.6 Å². The molecule has 0 aliphatic rings. The van der Waals surface area contributed by atoms with Crippen molar-refractivity contribution in [3.8, 4) is 0 Å². The molecule has 2 rings (SSSR count). The number of halogens is 1. The highest BCUT2D eigenvalue weighted by molar-refractivity contribution is 6.30. The van der Waals surface area contributed by atoms with E-state index in [0.29, 0.717) is 18.1 Å². The van der Waals surface area contributed by atoms with E-state index in [9.17, 15) is 9.59 Å². The van der Waals surface area contributed by atoms with E-state index in [1.54, 1.807) is 10.9 Å². The van der Waals surface area contributed by atoms with Gasteiger partial charge < -0.3 is 5.32 Å². The van der Waals surface area contributed by atoms with Crippen molar-refractivity contribution in [2.45, 2.75) is 19.5 Å². The Bertz CT molecular complexity index is 612. The third-order valence-electron chi connectivity index (χ3n) is 2.72. The van der Waals surface area contributed by atoms with E-state index in [1.165, 1.54) is 6.20 Å². The van der Waals surface area contributed by atoms with Gasteiger partial charge in [-0.15, -0.1) is 0 Å². The van der Waals surface area contributed by atoms with E-state index < -0.39 is 6.03 Å². The minimum Gasteiger partial charge on any atom is -0.334 e. The SMILES string of the molecule is O=C(CCn1cc(Cl)cn1)NC(=O)NCc1ccccc1. The first kappa shape index (κ1) is 15.1. The predicted molar refractivity (Wildman–Crippen MR) is 78.7 cm³/mol. The van der Waals surface area contributed by atoms with Crippen LogP contribution in [0.1, 0.15) is 12.0 Å². The van der Waals surface area contributed by atoms with Gasteiger partial charge in [0.05, 0.1) is 11.2 Å². The first-order chi connectivity index (χ1) is 10.1. The van der Waals surface area contributed by atoms with Gasteiger partial charge in [0.2, 0.25) is 5.91 Å². The van der Waals surface area contributed by atoms with E-state index in [2.05, 4.69) is 15.7 Å².